The first kappa shape index (κ1) is 17.2. The minimum atomic E-state index is -1.000. The number of anilines is 2. The van der Waals surface area contributed by atoms with Gasteiger partial charge in [0.05, 0.1) is 29.7 Å². The predicted octanol–water partition coefficient (Wildman–Crippen LogP) is 2.32. The van der Waals surface area contributed by atoms with Crippen LogP contribution in [0.25, 0.3) is 11.1 Å². The molecule has 2 fully saturated rings. The van der Waals surface area contributed by atoms with Crippen molar-refractivity contribution in [3.05, 3.63) is 30.6 Å². The average molecular weight is 381 g/mol. The van der Waals surface area contributed by atoms with Crippen molar-refractivity contribution in [1.29, 1.82) is 0 Å². The SMILES string of the molecule is C[C@H]1CN(C(=O)O)c2cc(-c3cnn(C4CNC4)c3)ccc2N1C(=O)C1CC1. The van der Waals surface area contributed by atoms with Gasteiger partial charge < -0.3 is 15.3 Å². The normalized spacial score (nSPS) is 22.0. The monoisotopic (exact) mass is 381 g/mol. The van der Waals surface area contributed by atoms with Crippen molar-refractivity contribution in [2.45, 2.75) is 31.8 Å². The van der Waals surface area contributed by atoms with E-state index >= 15 is 0 Å². The first-order valence-electron chi connectivity index (χ1n) is 9.76. The number of carbonyl (C=O) groups excluding carboxylic acids is 1. The summed E-state index contributed by atoms with van der Waals surface area (Å²) in [5.74, 6) is 0.192. The van der Waals surface area contributed by atoms with E-state index in [0.717, 1.165) is 37.1 Å². The Balaban J connectivity index is 1.54. The van der Waals surface area contributed by atoms with E-state index in [1.165, 1.54) is 4.90 Å². The number of aromatic nitrogens is 2. The lowest BCUT2D eigenvalue weighted by molar-refractivity contribution is -0.120. The fraction of sp³-hybridized carbons (Fsp3) is 0.450. The van der Waals surface area contributed by atoms with Gasteiger partial charge in [-0.25, -0.2) is 4.79 Å². The predicted molar refractivity (Wildman–Crippen MR) is 105 cm³/mol. The van der Waals surface area contributed by atoms with Gasteiger partial charge in [0.1, 0.15) is 0 Å². The van der Waals surface area contributed by atoms with E-state index in [9.17, 15) is 14.7 Å². The number of carbonyl (C=O) groups is 2. The van der Waals surface area contributed by atoms with E-state index in [-0.39, 0.29) is 24.4 Å². The Bertz CT molecular complexity index is 947. The second kappa shape index (κ2) is 6.34. The largest absolute Gasteiger partial charge is 0.465 e. The Morgan fingerprint density at radius 1 is 1.18 bits per heavy atom. The van der Waals surface area contributed by atoms with E-state index in [2.05, 4.69) is 10.4 Å². The van der Waals surface area contributed by atoms with Crippen molar-refractivity contribution >= 4 is 23.4 Å². The summed E-state index contributed by atoms with van der Waals surface area (Å²) in [5, 5.41) is 17.4. The lowest BCUT2D eigenvalue weighted by Crippen LogP contribution is -2.52. The molecule has 1 aromatic carbocycles. The maximum Gasteiger partial charge on any atom is 0.411 e. The minimum Gasteiger partial charge on any atom is -0.465 e. The molecule has 3 heterocycles. The second-order valence-corrected chi connectivity index (χ2v) is 7.95. The summed E-state index contributed by atoms with van der Waals surface area (Å²) in [6.45, 7) is 4.00. The lowest BCUT2D eigenvalue weighted by atomic mass is 10.0. The van der Waals surface area contributed by atoms with Crippen molar-refractivity contribution in [2.24, 2.45) is 5.92 Å². The Hall–Kier alpha value is -2.87. The zero-order valence-corrected chi connectivity index (χ0v) is 15.7. The number of hydrogen-bond acceptors (Lipinski definition) is 4. The molecule has 1 saturated heterocycles. The number of hydrogen-bond donors (Lipinski definition) is 2. The first-order valence-corrected chi connectivity index (χ1v) is 9.76. The van der Waals surface area contributed by atoms with Gasteiger partial charge in [0.25, 0.3) is 0 Å². The van der Waals surface area contributed by atoms with Crippen molar-refractivity contribution in [3.8, 4) is 11.1 Å². The fourth-order valence-corrected chi connectivity index (χ4v) is 4.00. The quantitative estimate of drug-likeness (QED) is 0.852. The molecule has 1 aliphatic carbocycles. The number of rotatable bonds is 3. The van der Waals surface area contributed by atoms with E-state index < -0.39 is 6.09 Å². The van der Waals surface area contributed by atoms with Crippen LogP contribution in [0, 0.1) is 5.92 Å². The number of carboxylic acid groups (broad SMARTS) is 1. The summed E-state index contributed by atoms with van der Waals surface area (Å²) < 4.78 is 1.95. The van der Waals surface area contributed by atoms with E-state index in [1.807, 2.05) is 42.2 Å². The lowest BCUT2D eigenvalue weighted by Gasteiger charge is -2.40. The third kappa shape index (κ3) is 2.75. The second-order valence-electron chi connectivity index (χ2n) is 7.95. The number of nitrogens with one attached hydrogen (secondary N) is 1. The highest BCUT2D eigenvalue weighted by atomic mass is 16.4. The van der Waals surface area contributed by atoms with E-state index in [1.54, 1.807) is 4.90 Å². The summed E-state index contributed by atoms with van der Waals surface area (Å²) in [6, 6.07) is 5.87. The summed E-state index contributed by atoms with van der Waals surface area (Å²) >= 11 is 0. The van der Waals surface area contributed by atoms with Gasteiger partial charge in [-0.15, -0.1) is 0 Å². The molecule has 0 bridgehead atoms. The van der Waals surface area contributed by atoms with Gasteiger partial charge in [0.2, 0.25) is 5.91 Å². The van der Waals surface area contributed by atoms with Gasteiger partial charge in [0.15, 0.2) is 0 Å². The molecule has 8 heteroatoms. The molecule has 8 nitrogen and oxygen atoms in total. The van der Waals surface area contributed by atoms with Crippen LogP contribution in [0.2, 0.25) is 0 Å². The molecule has 1 aromatic heterocycles. The maximum absolute atomic E-state index is 12.8. The van der Waals surface area contributed by atoms with Gasteiger partial charge >= 0.3 is 6.09 Å². The van der Waals surface area contributed by atoms with Gasteiger partial charge in [-0.2, -0.15) is 5.10 Å². The zero-order chi connectivity index (χ0) is 19.4. The summed E-state index contributed by atoms with van der Waals surface area (Å²) in [7, 11) is 0. The van der Waals surface area contributed by atoms with Crippen LogP contribution in [0.3, 0.4) is 0 Å². The van der Waals surface area contributed by atoms with Crippen molar-refractivity contribution in [1.82, 2.24) is 15.1 Å². The third-order valence-electron chi connectivity index (χ3n) is 5.88. The topological polar surface area (TPSA) is 90.7 Å². The molecule has 0 unspecified atom stereocenters. The molecular weight excluding hydrogens is 358 g/mol. The Kier molecular flexibility index (Phi) is 3.90. The molecule has 2 aromatic rings. The molecule has 0 radical (unpaired) electrons. The molecule has 1 atom stereocenters. The smallest absolute Gasteiger partial charge is 0.411 e. The van der Waals surface area contributed by atoms with E-state index in [4.69, 9.17) is 0 Å². The van der Waals surface area contributed by atoms with Gasteiger partial charge in [-0.1, -0.05) is 6.07 Å². The van der Waals surface area contributed by atoms with Crippen LogP contribution in [-0.2, 0) is 4.79 Å². The van der Waals surface area contributed by atoms with Crippen LogP contribution in [-0.4, -0.2) is 52.6 Å². The summed E-state index contributed by atoms with van der Waals surface area (Å²) in [4.78, 5) is 27.8. The van der Waals surface area contributed by atoms with Crippen LogP contribution >= 0.6 is 0 Å². The van der Waals surface area contributed by atoms with Crippen molar-refractivity contribution in [3.63, 3.8) is 0 Å². The number of fused-ring (bicyclic) bond motifs is 1. The standard InChI is InChI=1S/C20H23N5O3/c1-12-10-23(20(27)28)18-6-14(15-7-22-24(11-15)16-8-21-9-16)4-5-17(18)25(12)19(26)13-2-3-13/h4-7,11-13,16,21H,2-3,8-10H2,1H3,(H,27,28)/t12-/m0/s1. The molecule has 1 saturated carbocycles. The number of benzene rings is 1. The van der Waals surface area contributed by atoms with Crippen LogP contribution < -0.4 is 15.1 Å². The maximum atomic E-state index is 12.8. The first-order chi connectivity index (χ1) is 13.5. The molecule has 3 aliphatic rings. The Morgan fingerprint density at radius 2 is 1.96 bits per heavy atom. The van der Waals surface area contributed by atoms with Crippen LogP contribution in [0.1, 0.15) is 25.8 Å². The minimum absolute atomic E-state index is 0.0840. The molecule has 28 heavy (non-hydrogen) atoms. The highest BCUT2D eigenvalue weighted by Gasteiger charge is 2.41. The third-order valence-corrected chi connectivity index (χ3v) is 5.88. The molecule has 0 spiro atoms. The molecular formula is C20H23N5O3. The summed E-state index contributed by atoms with van der Waals surface area (Å²) in [6.07, 6.45) is 4.65. The molecule has 2 N–H and O–H groups in total. The number of amides is 2. The van der Waals surface area contributed by atoms with Gasteiger partial charge in [-0.05, 0) is 37.5 Å². The molecule has 2 amide bonds. The molecule has 5 rings (SSSR count). The van der Waals surface area contributed by atoms with Crippen LogP contribution in [0.5, 0.6) is 0 Å². The Morgan fingerprint density at radius 3 is 2.61 bits per heavy atom. The zero-order valence-electron chi connectivity index (χ0n) is 15.7. The van der Waals surface area contributed by atoms with Crippen molar-refractivity contribution < 1.29 is 14.7 Å². The van der Waals surface area contributed by atoms with Gasteiger partial charge in [-0.3, -0.25) is 14.4 Å². The van der Waals surface area contributed by atoms with E-state index in [0.29, 0.717) is 17.4 Å². The Labute approximate surface area is 162 Å². The highest BCUT2D eigenvalue weighted by Crippen LogP contribution is 2.42. The van der Waals surface area contributed by atoms with Crippen LogP contribution in [0.15, 0.2) is 30.6 Å². The van der Waals surface area contributed by atoms with Gasteiger partial charge in [0, 0.05) is 37.3 Å². The average Bonchev–Trinajstić information content (AvgIpc) is 3.38. The molecule has 146 valence electrons. The highest BCUT2D eigenvalue weighted by molar-refractivity contribution is 6.04. The summed E-state index contributed by atoms with van der Waals surface area (Å²) in [5.41, 5.74) is 3.09. The fourth-order valence-electron chi connectivity index (χ4n) is 4.00. The van der Waals surface area contributed by atoms with Crippen molar-refractivity contribution in [2.75, 3.05) is 29.4 Å². The molecule has 2 aliphatic heterocycles. The number of nitrogens with zero attached hydrogens (tertiary/aromatic N) is 4. The van der Waals surface area contributed by atoms with Crippen LogP contribution in [0.4, 0.5) is 16.2 Å².